The lowest BCUT2D eigenvalue weighted by molar-refractivity contribution is -0.142. The average Bonchev–Trinajstić information content (AvgIpc) is 2.66. The van der Waals surface area contributed by atoms with Gasteiger partial charge in [-0.1, -0.05) is 90.0 Å². The minimum absolute atomic E-state index is 0.0747. The molecule has 0 radical (unpaired) electrons. The Kier molecular flexibility index (Phi) is 18.1. The molecule has 164 valence electrons. The molecule has 0 saturated heterocycles. The summed E-state index contributed by atoms with van der Waals surface area (Å²) in [6.45, 7) is 7.53. The van der Waals surface area contributed by atoms with Gasteiger partial charge in [0.25, 0.3) is 0 Å². The normalized spacial score (nSPS) is 12.6. The van der Waals surface area contributed by atoms with E-state index in [1.807, 2.05) is 19.9 Å². The molecule has 0 bridgehead atoms. The van der Waals surface area contributed by atoms with E-state index in [-0.39, 0.29) is 24.5 Å². The second kappa shape index (κ2) is 19.0. The molecule has 0 aromatic carbocycles. The van der Waals surface area contributed by atoms with Crippen molar-refractivity contribution in [3.8, 4) is 0 Å². The van der Waals surface area contributed by atoms with Crippen molar-refractivity contribution >= 4 is 11.9 Å². The third kappa shape index (κ3) is 18.1. The Hall–Kier alpha value is -1.32. The van der Waals surface area contributed by atoms with E-state index in [0.29, 0.717) is 0 Å². The molecule has 0 spiro atoms. The van der Waals surface area contributed by atoms with Gasteiger partial charge in [0.15, 0.2) is 0 Å². The van der Waals surface area contributed by atoms with Gasteiger partial charge in [-0.2, -0.15) is 0 Å². The van der Waals surface area contributed by atoms with Crippen LogP contribution in [-0.2, 0) is 14.3 Å². The Labute approximate surface area is 173 Å². The van der Waals surface area contributed by atoms with E-state index >= 15 is 0 Å². The molecule has 0 unspecified atom stereocenters. The highest BCUT2D eigenvalue weighted by Gasteiger charge is 2.09. The average molecular weight is 396 g/mol. The first-order valence-electron chi connectivity index (χ1n) is 11.6. The first-order chi connectivity index (χ1) is 13.5. The van der Waals surface area contributed by atoms with Crippen molar-refractivity contribution < 1.29 is 14.3 Å². The number of carbonyl (C=O) groups excluding carboxylic acids is 2. The van der Waals surface area contributed by atoms with E-state index < -0.39 is 0 Å². The molecule has 0 aliphatic rings. The number of nitrogens with one attached hydrogen (secondary N) is 1. The topological polar surface area (TPSA) is 55.4 Å². The van der Waals surface area contributed by atoms with Gasteiger partial charge in [-0.15, -0.1) is 0 Å². The number of allylic oxidation sites excluding steroid dienone is 1. The number of carbonyl (C=O) groups is 2. The van der Waals surface area contributed by atoms with E-state index in [9.17, 15) is 9.59 Å². The van der Waals surface area contributed by atoms with Crippen molar-refractivity contribution in [3.63, 3.8) is 0 Å². The van der Waals surface area contributed by atoms with Gasteiger partial charge in [0.2, 0.25) is 5.91 Å². The SMILES string of the molecule is CCCCCCCCCCCCCCC/C=C(\C)C(=O)N[C@@H](C)COC(C)=O. The van der Waals surface area contributed by atoms with E-state index in [2.05, 4.69) is 12.2 Å². The van der Waals surface area contributed by atoms with Gasteiger partial charge in [0.1, 0.15) is 6.61 Å². The van der Waals surface area contributed by atoms with Crippen LogP contribution in [0.4, 0.5) is 0 Å². The molecular formula is C24H45NO3. The Morgan fingerprint density at radius 1 is 0.821 bits per heavy atom. The van der Waals surface area contributed by atoms with Gasteiger partial charge in [-0.3, -0.25) is 9.59 Å². The molecule has 1 N–H and O–H groups in total. The number of esters is 1. The van der Waals surface area contributed by atoms with Crippen LogP contribution >= 0.6 is 0 Å². The van der Waals surface area contributed by atoms with Crippen LogP contribution in [0, 0.1) is 0 Å². The highest BCUT2D eigenvalue weighted by molar-refractivity contribution is 5.92. The third-order valence-electron chi connectivity index (χ3n) is 5.03. The quantitative estimate of drug-likeness (QED) is 0.164. The van der Waals surface area contributed by atoms with Gasteiger partial charge in [-0.25, -0.2) is 0 Å². The fraction of sp³-hybridized carbons (Fsp3) is 0.833. The molecule has 0 heterocycles. The number of hydrogen-bond donors (Lipinski definition) is 1. The predicted octanol–water partition coefficient (Wildman–Crippen LogP) is 6.48. The Morgan fingerprint density at radius 3 is 1.75 bits per heavy atom. The Balaban J connectivity index is 3.52. The maximum atomic E-state index is 12.0. The van der Waals surface area contributed by atoms with Crippen LogP contribution in [0.3, 0.4) is 0 Å². The van der Waals surface area contributed by atoms with Crippen LogP contribution in [0.25, 0.3) is 0 Å². The summed E-state index contributed by atoms with van der Waals surface area (Å²) < 4.78 is 4.90. The molecule has 4 nitrogen and oxygen atoms in total. The molecule has 0 rings (SSSR count). The third-order valence-corrected chi connectivity index (χ3v) is 5.03. The molecule has 0 aliphatic carbocycles. The van der Waals surface area contributed by atoms with Crippen molar-refractivity contribution in [3.05, 3.63) is 11.6 Å². The van der Waals surface area contributed by atoms with Crippen molar-refractivity contribution in [1.29, 1.82) is 0 Å². The van der Waals surface area contributed by atoms with Crippen molar-refractivity contribution in [2.45, 2.75) is 124 Å². The summed E-state index contributed by atoms with van der Waals surface area (Å²) in [5, 5.41) is 2.85. The first kappa shape index (κ1) is 26.7. The fourth-order valence-corrected chi connectivity index (χ4v) is 3.20. The maximum Gasteiger partial charge on any atom is 0.302 e. The minimum atomic E-state index is -0.323. The number of rotatable bonds is 18. The zero-order chi connectivity index (χ0) is 21.0. The van der Waals surface area contributed by atoms with Gasteiger partial charge < -0.3 is 10.1 Å². The molecule has 28 heavy (non-hydrogen) atoms. The Morgan fingerprint density at radius 2 is 1.29 bits per heavy atom. The molecule has 1 amide bonds. The highest BCUT2D eigenvalue weighted by atomic mass is 16.5. The zero-order valence-electron chi connectivity index (χ0n) is 19.0. The smallest absolute Gasteiger partial charge is 0.302 e. The summed E-state index contributed by atoms with van der Waals surface area (Å²) in [5.74, 6) is -0.398. The van der Waals surface area contributed by atoms with E-state index in [1.54, 1.807) is 0 Å². The maximum absolute atomic E-state index is 12.0. The zero-order valence-corrected chi connectivity index (χ0v) is 19.0. The molecule has 0 aliphatic heterocycles. The lowest BCUT2D eigenvalue weighted by Crippen LogP contribution is -2.36. The number of amides is 1. The summed E-state index contributed by atoms with van der Waals surface area (Å²) >= 11 is 0. The Bertz CT molecular complexity index is 432. The minimum Gasteiger partial charge on any atom is -0.464 e. The van der Waals surface area contributed by atoms with Gasteiger partial charge in [-0.05, 0) is 26.7 Å². The molecule has 0 saturated carbocycles. The molecule has 1 atom stereocenters. The molecule has 0 aromatic rings. The standard InChI is InChI=1S/C24H45NO3/c1-5-6-7-8-9-10-11-12-13-14-15-16-17-18-19-21(2)24(27)25-22(3)20-28-23(4)26/h19,22H,5-18,20H2,1-4H3,(H,25,27)/b21-19+/t22-/m0/s1. The number of ether oxygens (including phenoxy) is 1. The van der Waals surface area contributed by atoms with Crippen LogP contribution in [0.2, 0.25) is 0 Å². The van der Waals surface area contributed by atoms with E-state index in [4.69, 9.17) is 4.74 Å². The second-order valence-corrected chi connectivity index (χ2v) is 8.10. The second-order valence-electron chi connectivity index (χ2n) is 8.10. The van der Waals surface area contributed by atoms with E-state index in [0.717, 1.165) is 18.4 Å². The summed E-state index contributed by atoms with van der Waals surface area (Å²) in [4.78, 5) is 22.8. The van der Waals surface area contributed by atoms with Crippen molar-refractivity contribution in [1.82, 2.24) is 5.32 Å². The monoisotopic (exact) mass is 395 g/mol. The highest BCUT2D eigenvalue weighted by Crippen LogP contribution is 2.13. The van der Waals surface area contributed by atoms with Gasteiger partial charge in [0, 0.05) is 12.5 Å². The fourth-order valence-electron chi connectivity index (χ4n) is 3.20. The molecule has 4 heteroatoms. The first-order valence-corrected chi connectivity index (χ1v) is 11.6. The summed E-state index contributed by atoms with van der Waals surface area (Å²) in [5.41, 5.74) is 0.744. The lowest BCUT2D eigenvalue weighted by Gasteiger charge is -2.13. The van der Waals surface area contributed by atoms with Crippen molar-refractivity contribution in [2.75, 3.05) is 6.61 Å². The van der Waals surface area contributed by atoms with Crippen LogP contribution in [-0.4, -0.2) is 24.5 Å². The molecular weight excluding hydrogens is 350 g/mol. The van der Waals surface area contributed by atoms with Crippen molar-refractivity contribution in [2.24, 2.45) is 0 Å². The lowest BCUT2D eigenvalue weighted by atomic mass is 10.0. The van der Waals surface area contributed by atoms with E-state index in [1.165, 1.54) is 84.0 Å². The molecule has 0 fully saturated rings. The predicted molar refractivity (Wildman–Crippen MR) is 118 cm³/mol. The van der Waals surface area contributed by atoms with Crippen LogP contribution in [0.15, 0.2) is 11.6 Å². The van der Waals surface area contributed by atoms with Gasteiger partial charge in [0.05, 0.1) is 6.04 Å². The summed E-state index contributed by atoms with van der Waals surface area (Å²) in [7, 11) is 0. The number of unbranched alkanes of at least 4 members (excludes halogenated alkanes) is 13. The molecule has 0 aromatic heterocycles. The number of hydrogen-bond acceptors (Lipinski definition) is 3. The summed E-state index contributed by atoms with van der Waals surface area (Å²) in [6.07, 6.45) is 20.6. The van der Waals surface area contributed by atoms with Gasteiger partial charge >= 0.3 is 5.97 Å². The van der Waals surface area contributed by atoms with Crippen LogP contribution in [0.1, 0.15) is 118 Å². The van der Waals surface area contributed by atoms with Crippen LogP contribution < -0.4 is 5.32 Å². The van der Waals surface area contributed by atoms with Crippen LogP contribution in [0.5, 0.6) is 0 Å². The largest absolute Gasteiger partial charge is 0.464 e. The summed E-state index contributed by atoms with van der Waals surface area (Å²) in [6, 6.07) is -0.170.